The van der Waals surface area contributed by atoms with Gasteiger partial charge in [-0.3, -0.25) is 0 Å². The predicted octanol–water partition coefficient (Wildman–Crippen LogP) is 5.08. The molecule has 0 N–H and O–H groups in total. The van der Waals surface area contributed by atoms with Crippen molar-refractivity contribution >= 4 is 32.8 Å². The minimum Gasteiger partial charge on any atom is -0.550 e. The first kappa shape index (κ1) is 20.3. The molecule has 0 aliphatic carbocycles. The minimum atomic E-state index is -0.961. The third-order valence-corrected chi connectivity index (χ3v) is 6.22. The SMILES string of the molecule is Brc1ccc([S+](c2ccccc2)c2ccccc2)cc1.CCCC(=O)[O-]. The van der Waals surface area contributed by atoms with E-state index in [0.717, 1.165) is 4.47 Å². The van der Waals surface area contributed by atoms with Crippen molar-refractivity contribution in [2.45, 2.75) is 34.5 Å². The summed E-state index contributed by atoms with van der Waals surface area (Å²) in [7, 11) is -0.0437. The number of carboxylic acids is 1. The van der Waals surface area contributed by atoms with E-state index in [9.17, 15) is 9.90 Å². The zero-order valence-electron chi connectivity index (χ0n) is 14.6. The Morgan fingerprint density at radius 2 is 1.23 bits per heavy atom. The molecule has 0 atom stereocenters. The summed E-state index contributed by atoms with van der Waals surface area (Å²) in [4.78, 5) is 13.5. The molecule has 3 aromatic rings. The van der Waals surface area contributed by atoms with Crippen LogP contribution in [0.25, 0.3) is 0 Å². The van der Waals surface area contributed by atoms with Gasteiger partial charge in [0.1, 0.15) is 0 Å². The lowest BCUT2D eigenvalue weighted by atomic mass is 10.4. The number of hydrogen-bond donors (Lipinski definition) is 0. The van der Waals surface area contributed by atoms with Gasteiger partial charge < -0.3 is 9.90 Å². The number of benzene rings is 3. The van der Waals surface area contributed by atoms with Crippen LogP contribution >= 0.6 is 15.9 Å². The molecule has 0 saturated heterocycles. The van der Waals surface area contributed by atoms with Crippen LogP contribution in [0.15, 0.2) is 104 Å². The summed E-state index contributed by atoms with van der Waals surface area (Å²) in [6.07, 6.45) is 0.850. The Morgan fingerprint density at radius 3 is 1.58 bits per heavy atom. The van der Waals surface area contributed by atoms with Gasteiger partial charge in [-0.15, -0.1) is 0 Å². The molecule has 0 radical (unpaired) electrons. The van der Waals surface area contributed by atoms with Gasteiger partial charge in [-0.05, 0) is 55.0 Å². The molecule has 0 aliphatic heterocycles. The molecule has 0 unspecified atom stereocenters. The predicted molar refractivity (Wildman–Crippen MR) is 109 cm³/mol. The van der Waals surface area contributed by atoms with E-state index in [1.165, 1.54) is 14.7 Å². The van der Waals surface area contributed by atoms with Crippen LogP contribution in [-0.4, -0.2) is 5.97 Å². The maximum atomic E-state index is 9.49. The Morgan fingerprint density at radius 1 is 0.808 bits per heavy atom. The summed E-state index contributed by atoms with van der Waals surface area (Å²) in [5.74, 6) is -0.961. The highest BCUT2D eigenvalue weighted by molar-refractivity contribution is 9.10. The van der Waals surface area contributed by atoms with Gasteiger partial charge in [0.15, 0.2) is 14.7 Å². The molecular weight excluding hydrogens is 408 g/mol. The molecule has 3 aromatic carbocycles. The van der Waals surface area contributed by atoms with E-state index in [1.807, 2.05) is 0 Å². The Labute approximate surface area is 166 Å². The first-order valence-corrected chi connectivity index (χ1v) is 10.4. The quantitative estimate of drug-likeness (QED) is 0.531. The van der Waals surface area contributed by atoms with E-state index in [4.69, 9.17) is 0 Å². The van der Waals surface area contributed by atoms with Gasteiger partial charge in [0.05, 0.1) is 10.9 Å². The van der Waals surface area contributed by atoms with Crippen LogP contribution in [0.3, 0.4) is 0 Å². The first-order chi connectivity index (χ1) is 12.6. The largest absolute Gasteiger partial charge is 0.550 e. The van der Waals surface area contributed by atoms with E-state index in [-0.39, 0.29) is 17.3 Å². The number of aliphatic carboxylic acids is 1. The Balaban J connectivity index is 0.000000352. The van der Waals surface area contributed by atoms with Gasteiger partial charge in [0.2, 0.25) is 0 Å². The second-order valence-corrected chi connectivity index (χ2v) is 8.45. The molecule has 0 amide bonds. The number of rotatable bonds is 5. The van der Waals surface area contributed by atoms with Crippen LogP contribution in [-0.2, 0) is 15.7 Å². The standard InChI is InChI=1S/C18H14BrS.C4H8O2/c19-15-11-13-18(14-12-15)20(16-7-3-1-4-8-16)17-9-5-2-6-10-17;1-2-3-4(5)6/h1-14H;2-3H2,1H3,(H,5,6)/q+1;/p-1. The maximum Gasteiger partial charge on any atom is 0.166 e. The Bertz CT molecular complexity index is 750. The monoisotopic (exact) mass is 428 g/mol. The number of halogens is 1. The molecular formula is C22H21BrO2S. The van der Waals surface area contributed by atoms with Crippen molar-refractivity contribution in [1.82, 2.24) is 0 Å². The lowest BCUT2D eigenvalue weighted by molar-refractivity contribution is -0.305. The summed E-state index contributed by atoms with van der Waals surface area (Å²) in [5.41, 5.74) is 0. The number of carboxylic acid groups (broad SMARTS) is 1. The topological polar surface area (TPSA) is 40.1 Å². The molecule has 4 heteroatoms. The molecule has 0 saturated carbocycles. The highest BCUT2D eigenvalue weighted by Crippen LogP contribution is 2.31. The maximum absolute atomic E-state index is 9.49. The molecule has 0 heterocycles. The van der Waals surface area contributed by atoms with E-state index in [0.29, 0.717) is 6.42 Å². The summed E-state index contributed by atoms with van der Waals surface area (Å²) in [6, 6.07) is 30.0. The molecule has 0 spiro atoms. The zero-order chi connectivity index (χ0) is 18.8. The van der Waals surface area contributed by atoms with E-state index >= 15 is 0 Å². The zero-order valence-corrected chi connectivity index (χ0v) is 17.0. The van der Waals surface area contributed by atoms with Gasteiger partial charge in [-0.2, -0.15) is 0 Å². The third-order valence-electron chi connectivity index (χ3n) is 3.46. The molecule has 26 heavy (non-hydrogen) atoms. The van der Waals surface area contributed by atoms with Crippen LogP contribution in [0, 0.1) is 0 Å². The number of carbonyl (C=O) groups excluding carboxylic acids is 1. The van der Waals surface area contributed by atoms with Gasteiger partial charge in [0, 0.05) is 10.4 Å². The highest BCUT2D eigenvalue weighted by atomic mass is 79.9. The van der Waals surface area contributed by atoms with Crippen LogP contribution in [0.5, 0.6) is 0 Å². The van der Waals surface area contributed by atoms with Crippen molar-refractivity contribution in [3.05, 3.63) is 89.4 Å². The Hall–Kier alpha value is -2.04. The molecule has 0 aromatic heterocycles. The van der Waals surface area contributed by atoms with Gasteiger partial charge in [-0.1, -0.05) is 65.7 Å². The second kappa shape index (κ2) is 10.8. The molecule has 2 nitrogen and oxygen atoms in total. The molecule has 3 rings (SSSR count). The van der Waals surface area contributed by atoms with Crippen molar-refractivity contribution in [1.29, 1.82) is 0 Å². The van der Waals surface area contributed by atoms with Gasteiger partial charge in [0.25, 0.3) is 0 Å². The van der Waals surface area contributed by atoms with Crippen LogP contribution in [0.4, 0.5) is 0 Å². The summed E-state index contributed by atoms with van der Waals surface area (Å²) < 4.78 is 1.12. The van der Waals surface area contributed by atoms with Crippen molar-refractivity contribution in [2.24, 2.45) is 0 Å². The van der Waals surface area contributed by atoms with E-state index in [1.54, 1.807) is 6.92 Å². The normalized spacial score (nSPS) is 10.1. The summed E-state index contributed by atoms with van der Waals surface area (Å²) >= 11 is 3.51. The Kier molecular flexibility index (Phi) is 8.45. The first-order valence-electron chi connectivity index (χ1n) is 8.41. The van der Waals surface area contributed by atoms with Crippen LogP contribution < -0.4 is 5.11 Å². The van der Waals surface area contributed by atoms with Crippen LogP contribution in [0.2, 0.25) is 0 Å². The fourth-order valence-corrected chi connectivity index (χ4v) is 4.64. The highest BCUT2D eigenvalue weighted by Gasteiger charge is 2.27. The lowest BCUT2D eigenvalue weighted by Gasteiger charge is -2.07. The fraction of sp³-hybridized carbons (Fsp3) is 0.136. The van der Waals surface area contributed by atoms with Gasteiger partial charge in [-0.25, -0.2) is 0 Å². The summed E-state index contributed by atoms with van der Waals surface area (Å²) in [5, 5.41) is 9.49. The average molecular weight is 429 g/mol. The fourth-order valence-electron chi connectivity index (χ4n) is 2.30. The number of carbonyl (C=O) groups is 1. The van der Waals surface area contributed by atoms with E-state index < -0.39 is 5.97 Å². The molecule has 0 aliphatic rings. The van der Waals surface area contributed by atoms with Crippen LogP contribution in [0.1, 0.15) is 19.8 Å². The summed E-state index contributed by atoms with van der Waals surface area (Å²) in [6.45, 7) is 1.80. The number of hydrogen-bond acceptors (Lipinski definition) is 2. The molecule has 0 bridgehead atoms. The third kappa shape index (κ3) is 6.36. The second-order valence-electron chi connectivity index (χ2n) is 5.51. The van der Waals surface area contributed by atoms with Crippen molar-refractivity contribution < 1.29 is 9.90 Å². The minimum absolute atomic E-state index is 0.0437. The molecule has 134 valence electrons. The van der Waals surface area contributed by atoms with Crippen molar-refractivity contribution in [2.75, 3.05) is 0 Å². The van der Waals surface area contributed by atoms with E-state index in [2.05, 4.69) is 101 Å². The smallest absolute Gasteiger partial charge is 0.166 e. The van der Waals surface area contributed by atoms with Crippen molar-refractivity contribution in [3.63, 3.8) is 0 Å². The van der Waals surface area contributed by atoms with Crippen molar-refractivity contribution in [3.8, 4) is 0 Å². The molecule has 0 fully saturated rings. The lowest BCUT2D eigenvalue weighted by Crippen LogP contribution is -2.20. The average Bonchev–Trinajstić information content (AvgIpc) is 2.66. The van der Waals surface area contributed by atoms with Gasteiger partial charge >= 0.3 is 0 Å².